The van der Waals surface area contributed by atoms with Crippen molar-refractivity contribution >= 4 is 58.1 Å². The van der Waals surface area contributed by atoms with Crippen molar-refractivity contribution in [1.82, 2.24) is 15.2 Å². The molecule has 5 nitrogen and oxygen atoms in total. The standard InChI is InChI=1S/C27H32Cl2N4O.ClH/c28-22-7-5-9-25(26(22)29)33-16-14-32(15-17-33)13-4-3-12-30-27(34)19-10-11-24-21(18-19)20-6-1-2-8-23(20)31-24;/h5,7,9-11,18,31H,1-4,6,8,12-17H2,(H,30,34);1H. The number of amides is 1. The number of carbonyl (C=O) groups excluding carboxylic acids is 1. The highest BCUT2D eigenvalue weighted by molar-refractivity contribution is 6.43. The van der Waals surface area contributed by atoms with Gasteiger partial charge in [0.25, 0.3) is 5.91 Å². The van der Waals surface area contributed by atoms with Crippen LogP contribution in [0, 0.1) is 0 Å². The number of hydrogen-bond acceptors (Lipinski definition) is 3. The summed E-state index contributed by atoms with van der Waals surface area (Å²) in [5.41, 5.74) is 5.70. The fourth-order valence-electron chi connectivity index (χ4n) is 5.26. The Bertz CT molecular complexity index is 1170. The first kappa shape index (κ1) is 26.2. The Kier molecular flexibility index (Phi) is 8.87. The highest BCUT2D eigenvalue weighted by Crippen LogP contribution is 2.33. The van der Waals surface area contributed by atoms with Crippen LogP contribution in [-0.2, 0) is 12.8 Å². The highest BCUT2D eigenvalue weighted by atomic mass is 35.5. The molecule has 2 N–H and O–H groups in total. The summed E-state index contributed by atoms with van der Waals surface area (Å²) < 4.78 is 0. The lowest BCUT2D eigenvalue weighted by Crippen LogP contribution is -2.46. The molecule has 0 saturated carbocycles. The second kappa shape index (κ2) is 11.9. The number of H-pyrrole nitrogens is 1. The Balaban J connectivity index is 0.00000289. The molecular weight excluding hydrogens is 503 g/mol. The summed E-state index contributed by atoms with van der Waals surface area (Å²) in [5, 5.41) is 5.58. The van der Waals surface area contributed by atoms with E-state index in [9.17, 15) is 4.79 Å². The number of fused-ring (bicyclic) bond motifs is 3. The summed E-state index contributed by atoms with van der Waals surface area (Å²) in [6, 6.07) is 11.9. The van der Waals surface area contributed by atoms with Crippen LogP contribution in [0.4, 0.5) is 5.69 Å². The lowest BCUT2D eigenvalue weighted by Gasteiger charge is -2.36. The number of aryl methyl sites for hydroxylation is 2. The summed E-state index contributed by atoms with van der Waals surface area (Å²) in [7, 11) is 0. The minimum atomic E-state index is 0. The number of aromatic nitrogens is 1. The van der Waals surface area contributed by atoms with Gasteiger partial charge in [0.1, 0.15) is 0 Å². The lowest BCUT2D eigenvalue weighted by atomic mass is 9.95. The quantitative estimate of drug-likeness (QED) is 0.359. The molecule has 35 heavy (non-hydrogen) atoms. The number of unbranched alkanes of at least 4 members (excludes halogenated alkanes) is 1. The largest absolute Gasteiger partial charge is 0.368 e. The molecule has 0 radical (unpaired) electrons. The van der Waals surface area contributed by atoms with Crippen molar-refractivity contribution in [2.24, 2.45) is 0 Å². The molecule has 2 aliphatic rings. The molecule has 0 atom stereocenters. The van der Waals surface area contributed by atoms with Crippen molar-refractivity contribution in [2.45, 2.75) is 38.5 Å². The normalized spacial score (nSPS) is 16.1. The number of benzene rings is 2. The average molecular weight is 536 g/mol. The zero-order valence-corrected chi connectivity index (χ0v) is 22.2. The van der Waals surface area contributed by atoms with Crippen LogP contribution in [0.15, 0.2) is 36.4 Å². The Morgan fingerprint density at radius 2 is 1.80 bits per heavy atom. The van der Waals surface area contributed by atoms with Crippen molar-refractivity contribution in [3.05, 3.63) is 63.3 Å². The predicted molar refractivity (Wildman–Crippen MR) is 149 cm³/mol. The minimum absolute atomic E-state index is 0. The van der Waals surface area contributed by atoms with E-state index in [2.05, 4.69) is 32.2 Å². The van der Waals surface area contributed by atoms with Crippen molar-refractivity contribution in [3.63, 3.8) is 0 Å². The molecule has 1 aliphatic heterocycles. The first-order chi connectivity index (χ1) is 16.6. The van der Waals surface area contributed by atoms with Gasteiger partial charge in [0, 0.05) is 54.9 Å². The number of aromatic amines is 1. The topological polar surface area (TPSA) is 51.4 Å². The molecule has 1 fully saturated rings. The van der Waals surface area contributed by atoms with Crippen LogP contribution < -0.4 is 10.2 Å². The van der Waals surface area contributed by atoms with Gasteiger partial charge in [-0.1, -0.05) is 29.3 Å². The second-order valence-electron chi connectivity index (χ2n) is 9.41. The van der Waals surface area contributed by atoms with Crippen LogP contribution in [0.5, 0.6) is 0 Å². The van der Waals surface area contributed by atoms with E-state index in [1.165, 1.54) is 29.5 Å². The monoisotopic (exact) mass is 534 g/mol. The number of halogens is 3. The van der Waals surface area contributed by atoms with Gasteiger partial charge in [0.05, 0.1) is 15.7 Å². The molecule has 2 heterocycles. The fraction of sp³-hybridized carbons (Fsp3) is 0.444. The van der Waals surface area contributed by atoms with Gasteiger partial charge in [0.15, 0.2) is 0 Å². The van der Waals surface area contributed by atoms with Gasteiger partial charge < -0.3 is 15.2 Å². The molecule has 8 heteroatoms. The zero-order valence-electron chi connectivity index (χ0n) is 19.9. The van der Waals surface area contributed by atoms with Crippen LogP contribution in [0.3, 0.4) is 0 Å². The van der Waals surface area contributed by atoms with Crippen LogP contribution in [0.2, 0.25) is 10.0 Å². The molecular formula is C27H33Cl3N4O. The van der Waals surface area contributed by atoms with E-state index in [1.54, 1.807) is 0 Å². The molecule has 5 rings (SSSR count). The summed E-state index contributed by atoms with van der Waals surface area (Å²) in [5.74, 6) is 0.0275. The first-order valence-corrected chi connectivity index (χ1v) is 13.2. The molecule has 3 aromatic rings. The number of hydrogen-bond donors (Lipinski definition) is 2. The van der Waals surface area contributed by atoms with E-state index in [0.29, 0.717) is 16.6 Å². The number of carbonyl (C=O) groups is 1. The molecule has 0 bridgehead atoms. The maximum absolute atomic E-state index is 12.7. The predicted octanol–water partition coefficient (Wildman–Crippen LogP) is 6.11. The number of rotatable bonds is 7. The van der Waals surface area contributed by atoms with E-state index >= 15 is 0 Å². The molecule has 0 spiro atoms. The highest BCUT2D eigenvalue weighted by Gasteiger charge is 2.20. The maximum Gasteiger partial charge on any atom is 0.251 e. The van der Waals surface area contributed by atoms with Crippen LogP contribution in [-0.4, -0.2) is 55.1 Å². The number of nitrogens with one attached hydrogen (secondary N) is 2. The SMILES string of the molecule is Cl.O=C(NCCCCN1CCN(c2cccc(Cl)c2Cl)CC1)c1ccc2[nH]c3c(c2c1)CCCC3. The summed E-state index contributed by atoms with van der Waals surface area (Å²) in [6.45, 7) is 5.67. The molecule has 1 aliphatic carbocycles. The smallest absolute Gasteiger partial charge is 0.251 e. The maximum atomic E-state index is 12.7. The molecule has 1 aromatic heterocycles. The Labute approximate surface area is 223 Å². The van der Waals surface area contributed by atoms with Gasteiger partial charge in [-0.05, 0) is 81.0 Å². The van der Waals surface area contributed by atoms with E-state index in [4.69, 9.17) is 23.2 Å². The number of anilines is 1. The summed E-state index contributed by atoms with van der Waals surface area (Å²) in [4.78, 5) is 21.0. The second-order valence-corrected chi connectivity index (χ2v) is 10.2. The first-order valence-electron chi connectivity index (χ1n) is 12.4. The zero-order chi connectivity index (χ0) is 23.5. The van der Waals surface area contributed by atoms with Crippen molar-refractivity contribution in [2.75, 3.05) is 44.2 Å². The van der Waals surface area contributed by atoms with Gasteiger partial charge in [0.2, 0.25) is 0 Å². The average Bonchev–Trinajstić information content (AvgIpc) is 3.24. The third-order valence-electron chi connectivity index (χ3n) is 7.19. The third kappa shape index (κ3) is 5.91. The molecule has 2 aromatic carbocycles. The third-order valence-corrected chi connectivity index (χ3v) is 8.00. The summed E-state index contributed by atoms with van der Waals surface area (Å²) in [6.07, 6.45) is 6.77. The Hall–Kier alpha value is -1.92. The molecule has 188 valence electrons. The van der Waals surface area contributed by atoms with E-state index in [-0.39, 0.29) is 18.3 Å². The minimum Gasteiger partial charge on any atom is -0.368 e. The van der Waals surface area contributed by atoms with Crippen molar-refractivity contribution < 1.29 is 4.79 Å². The summed E-state index contributed by atoms with van der Waals surface area (Å²) >= 11 is 12.6. The van der Waals surface area contributed by atoms with Crippen LogP contribution >= 0.6 is 35.6 Å². The van der Waals surface area contributed by atoms with Gasteiger partial charge in [-0.3, -0.25) is 9.69 Å². The molecule has 0 unspecified atom stereocenters. The lowest BCUT2D eigenvalue weighted by molar-refractivity contribution is 0.0952. The number of piperazine rings is 1. The Morgan fingerprint density at radius 3 is 2.63 bits per heavy atom. The fourth-order valence-corrected chi connectivity index (χ4v) is 5.68. The Morgan fingerprint density at radius 1 is 1.00 bits per heavy atom. The van der Waals surface area contributed by atoms with Crippen LogP contribution in [0.1, 0.15) is 47.3 Å². The van der Waals surface area contributed by atoms with Gasteiger partial charge in [-0.25, -0.2) is 0 Å². The van der Waals surface area contributed by atoms with E-state index < -0.39 is 0 Å². The van der Waals surface area contributed by atoms with Crippen molar-refractivity contribution in [1.29, 1.82) is 0 Å². The van der Waals surface area contributed by atoms with Crippen LogP contribution in [0.25, 0.3) is 10.9 Å². The van der Waals surface area contributed by atoms with Gasteiger partial charge in [-0.2, -0.15) is 0 Å². The van der Waals surface area contributed by atoms with E-state index in [1.807, 2.05) is 24.3 Å². The van der Waals surface area contributed by atoms with Crippen molar-refractivity contribution in [3.8, 4) is 0 Å². The van der Waals surface area contributed by atoms with Gasteiger partial charge >= 0.3 is 0 Å². The number of nitrogens with zero attached hydrogens (tertiary/aromatic N) is 2. The van der Waals surface area contributed by atoms with E-state index in [0.717, 1.165) is 75.2 Å². The molecule has 1 amide bonds. The van der Waals surface area contributed by atoms with Gasteiger partial charge in [-0.15, -0.1) is 12.4 Å². The molecule has 1 saturated heterocycles.